The summed E-state index contributed by atoms with van der Waals surface area (Å²) in [6.07, 6.45) is 3.77. The fraction of sp³-hybridized carbons (Fsp3) is 0.688. The fourth-order valence-corrected chi connectivity index (χ4v) is 4.92. The van der Waals surface area contributed by atoms with Gasteiger partial charge in [0, 0.05) is 19.1 Å². The molecule has 21 heavy (non-hydrogen) atoms. The minimum absolute atomic E-state index is 0.0344. The molecule has 5 heteroatoms. The van der Waals surface area contributed by atoms with E-state index < -0.39 is 0 Å². The first-order valence-electron chi connectivity index (χ1n) is 7.80. The number of nitrogens with zero attached hydrogens (tertiary/aromatic N) is 2. The number of ketones is 1. The van der Waals surface area contributed by atoms with Crippen molar-refractivity contribution in [2.24, 2.45) is 5.92 Å². The predicted molar refractivity (Wildman–Crippen MR) is 88.5 cm³/mol. The Hall–Kier alpha value is -0.420. The SMILES string of the molecule is CC(C(=O)c1ccc(Cl)s1)N1CCC2C(CCCN2C)C1. The Morgan fingerprint density at radius 1 is 1.38 bits per heavy atom. The lowest BCUT2D eigenvalue weighted by Gasteiger charge is -2.47. The molecule has 116 valence electrons. The monoisotopic (exact) mass is 326 g/mol. The van der Waals surface area contributed by atoms with Crippen LogP contribution in [0.5, 0.6) is 0 Å². The smallest absolute Gasteiger partial charge is 0.189 e. The number of carbonyl (C=O) groups is 1. The van der Waals surface area contributed by atoms with Gasteiger partial charge < -0.3 is 4.90 Å². The number of Topliss-reactive ketones (excluding diaryl/α,β-unsaturated/α-hetero) is 1. The van der Waals surface area contributed by atoms with E-state index >= 15 is 0 Å². The second-order valence-corrected chi connectivity index (χ2v) is 8.09. The molecule has 3 atom stereocenters. The molecule has 0 aliphatic carbocycles. The minimum Gasteiger partial charge on any atom is -0.303 e. The molecule has 0 radical (unpaired) electrons. The van der Waals surface area contributed by atoms with Crippen LogP contribution < -0.4 is 0 Å². The van der Waals surface area contributed by atoms with Gasteiger partial charge in [-0.05, 0) is 57.8 Å². The Bertz CT molecular complexity index is 518. The summed E-state index contributed by atoms with van der Waals surface area (Å²) in [7, 11) is 2.24. The van der Waals surface area contributed by atoms with Crippen LogP contribution in [-0.2, 0) is 0 Å². The maximum Gasteiger partial charge on any atom is 0.189 e. The molecule has 0 saturated carbocycles. The van der Waals surface area contributed by atoms with Crippen molar-refractivity contribution in [2.45, 2.75) is 38.3 Å². The topological polar surface area (TPSA) is 23.6 Å². The quantitative estimate of drug-likeness (QED) is 0.795. The van der Waals surface area contributed by atoms with Gasteiger partial charge in [-0.1, -0.05) is 11.6 Å². The number of hydrogen-bond acceptors (Lipinski definition) is 4. The Balaban J connectivity index is 1.66. The summed E-state index contributed by atoms with van der Waals surface area (Å²) < 4.78 is 0.693. The second-order valence-electron chi connectivity index (χ2n) is 6.38. The summed E-state index contributed by atoms with van der Waals surface area (Å²) in [5.41, 5.74) is 0. The number of hydrogen-bond donors (Lipinski definition) is 0. The molecule has 3 unspecified atom stereocenters. The van der Waals surface area contributed by atoms with Gasteiger partial charge in [-0.2, -0.15) is 0 Å². The molecule has 0 bridgehead atoms. The van der Waals surface area contributed by atoms with Gasteiger partial charge >= 0.3 is 0 Å². The molecule has 3 heterocycles. The summed E-state index contributed by atoms with van der Waals surface area (Å²) in [5, 5.41) is 0. The Labute approximate surface area is 135 Å². The highest BCUT2D eigenvalue weighted by Gasteiger charge is 2.37. The van der Waals surface area contributed by atoms with Gasteiger partial charge in [0.15, 0.2) is 5.78 Å². The van der Waals surface area contributed by atoms with Gasteiger partial charge in [0.05, 0.1) is 15.3 Å². The van der Waals surface area contributed by atoms with Crippen LogP contribution in [-0.4, -0.2) is 54.3 Å². The lowest BCUT2D eigenvalue weighted by Crippen LogP contribution is -2.55. The maximum atomic E-state index is 12.6. The molecular weight excluding hydrogens is 304 g/mol. The second kappa shape index (κ2) is 6.37. The van der Waals surface area contributed by atoms with E-state index in [-0.39, 0.29) is 11.8 Å². The molecule has 1 aromatic rings. The van der Waals surface area contributed by atoms with E-state index in [1.165, 1.54) is 37.1 Å². The summed E-state index contributed by atoms with van der Waals surface area (Å²) in [6, 6.07) is 4.35. The van der Waals surface area contributed by atoms with E-state index in [9.17, 15) is 4.79 Å². The van der Waals surface area contributed by atoms with E-state index in [0.29, 0.717) is 10.4 Å². The zero-order valence-corrected chi connectivity index (χ0v) is 14.3. The van der Waals surface area contributed by atoms with E-state index in [4.69, 9.17) is 11.6 Å². The third-order valence-electron chi connectivity index (χ3n) is 5.12. The van der Waals surface area contributed by atoms with Crippen LogP contribution in [0.3, 0.4) is 0 Å². The zero-order valence-electron chi connectivity index (χ0n) is 12.7. The molecule has 3 rings (SSSR count). The third-order valence-corrected chi connectivity index (χ3v) is 6.37. The zero-order chi connectivity index (χ0) is 15.0. The fourth-order valence-electron chi connectivity index (χ4n) is 3.85. The van der Waals surface area contributed by atoms with Crippen LogP contribution in [0.15, 0.2) is 12.1 Å². The van der Waals surface area contributed by atoms with Crippen LogP contribution in [0, 0.1) is 5.92 Å². The average Bonchev–Trinajstić information content (AvgIpc) is 2.92. The van der Waals surface area contributed by atoms with E-state index in [0.717, 1.165) is 23.9 Å². The molecule has 2 aliphatic rings. The summed E-state index contributed by atoms with van der Waals surface area (Å²) in [4.78, 5) is 18.3. The number of likely N-dealkylation sites (tertiary alicyclic amines) is 2. The first-order valence-corrected chi connectivity index (χ1v) is 8.99. The van der Waals surface area contributed by atoms with Crippen molar-refractivity contribution in [3.8, 4) is 0 Å². The number of thiophene rings is 1. The average molecular weight is 327 g/mol. The molecule has 2 aliphatic heterocycles. The molecule has 0 spiro atoms. The maximum absolute atomic E-state index is 12.6. The van der Waals surface area contributed by atoms with Gasteiger partial charge in [0.25, 0.3) is 0 Å². The minimum atomic E-state index is -0.0344. The van der Waals surface area contributed by atoms with Crippen molar-refractivity contribution in [2.75, 3.05) is 26.7 Å². The molecular formula is C16H23ClN2OS. The normalized spacial score (nSPS) is 29.1. The first-order chi connectivity index (χ1) is 10.1. The van der Waals surface area contributed by atoms with Crippen LogP contribution in [0.4, 0.5) is 0 Å². The third kappa shape index (κ3) is 3.19. The molecule has 2 saturated heterocycles. The van der Waals surface area contributed by atoms with Crippen LogP contribution in [0.1, 0.15) is 35.9 Å². The van der Waals surface area contributed by atoms with Crippen LogP contribution in [0.2, 0.25) is 4.34 Å². The summed E-state index contributed by atoms with van der Waals surface area (Å²) >= 11 is 7.34. The van der Waals surface area contributed by atoms with E-state index in [1.807, 2.05) is 19.1 Å². The lowest BCUT2D eigenvalue weighted by atomic mass is 9.83. The largest absolute Gasteiger partial charge is 0.303 e. The molecule has 2 fully saturated rings. The first kappa shape index (κ1) is 15.5. The van der Waals surface area contributed by atoms with Crippen molar-refractivity contribution in [3.63, 3.8) is 0 Å². The van der Waals surface area contributed by atoms with Crippen molar-refractivity contribution in [1.82, 2.24) is 9.80 Å². The van der Waals surface area contributed by atoms with Gasteiger partial charge in [-0.3, -0.25) is 9.69 Å². The molecule has 1 aromatic heterocycles. The number of fused-ring (bicyclic) bond motifs is 1. The van der Waals surface area contributed by atoms with Gasteiger partial charge in [-0.15, -0.1) is 11.3 Å². The number of piperidine rings is 2. The lowest BCUT2D eigenvalue weighted by molar-refractivity contribution is 0.0234. The number of rotatable bonds is 3. The standard InChI is InChI=1S/C16H23ClN2OS/c1-11(16(20)14-5-6-15(17)21-14)19-9-7-13-12(10-19)4-3-8-18(13)2/h5-6,11-13H,3-4,7-10H2,1-2H3. The van der Waals surface area contributed by atoms with Crippen molar-refractivity contribution in [3.05, 3.63) is 21.3 Å². The molecule has 0 aromatic carbocycles. The highest BCUT2D eigenvalue weighted by molar-refractivity contribution is 7.18. The van der Waals surface area contributed by atoms with E-state index in [1.54, 1.807) is 0 Å². The summed E-state index contributed by atoms with van der Waals surface area (Å²) in [6.45, 7) is 5.35. The molecule has 0 N–H and O–H groups in total. The molecule has 3 nitrogen and oxygen atoms in total. The van der Waals surface area contributed by atoms with Crippen LogP contribution >= 0.6 is 22.9 Å². The highest BCUT2D eigenvalue weighted by Crippen LogP contribution is 2.31. The van der Waals surface area contributed by atoms with Crippen molar-refractivity contribution >= 4 is 28.7 Å². The van der Waals surface area contributed by atoms with Crippen LogP contribution in [0.25, 0.3) is 0 Å². The Kier molecular flexibility index (Phi) is 4.69. The van der Waals surface area contributed by atoms with Gasteiger partial charge in [-0.25, -0.2) is 0 Å². The van der Waals surface area contributed by atoms with Gasteiger partial charge in [0.1, 0.15) is 0 Å². The predicted octanol–water partition coefficient (Wildman–Crippen LogP) is 3.39. The van der Waals surface area contributed by atoms with E-state index in [2.05, 4.69) is 16.8 Å². The van der Waals surface area contributed by atoms with Crippen molar-refractivity contribution in [1.29, 1.82) is 0 Å². The Morgan fingerprint density at radius 2 is 2.19 bits per heavy atom. The number of carbonyl (C=O) groups excluding carboxylic acids is 1. The molecule has 0 amide bonds. The Morgan fingerprint density at radius 3 is 2.90 bits per heavy atom. The number of halogens is 1. The van der Waals surface area contributed by atoms with Gasteiger partial charge in [0.2, 0.25) is 0 Å². The summed E-state index contributed by atoms with van der Waals surface area (Å²) in [5.74, 6) is 0.939. The van der Waals surface area contributed by atoms with Crippen molar-refractivity contribution < 1.29 is 4.79 Å². The highest BCUT2D eigenvalue weighted by atomic mass is 35.5.